The summed E-state index contributed by atoms with van der Waals surface area (Å²) in [7, 11) is -1.15. The molecule has 2 aromatic rings. The molecule has 1 fully saturated rings. The molecule has 0 amide bonds. The molecule has 2 heterocycles. The summed E-state index contributed by atoms with van der Waals surface area (Å²) in [5.41, 5.74) is 2.05. The van der Waals surface area contributed by atoms with E-state index in [-0.39, 0.29) is 12.3 Å². The first-order chi connectivity index (χ1) is 10.9. The molecule has 1 N–H and O–H groups in total. The van der Waals surface area contributed by atoms with Crippen molar-refractivity contribution >= 4 is 25.3 Å². The summed E-state index contributed by atoms with van der Waals surface area (Å²) in [4.78, 5) is 26.5. The van der Waals surface area contributed by atoms with E-state index in [2.05, 4.69) is 24.6 Å². The number of H-pyrrole nitrogens is 1. The van der Waals surface area contributed by atoms with Gasteiger partial charge in [0.05, 0.1) is 5.69 Å². The molecule has 0 bridgehead atoms. The normalized spacial score (nSPS) is 15.3. The van der Waals surface area contributed by atoms with Gasteiger partial charge in [-0.25, -0.2) is 0 Å². The summed E-state index contributed by atoms with van der Waals surface area (Å²) < 4.78 is 7.47. The maximum atomic E-state index is 12.3. The van der Waals surface area contributed by atoms with Crippen molar-refractivity contribution in [1.82, 2.24) is 9.55 Å². The number of carbonyl (C=O) groups is 1. The molecule has 5 nitrogen and oxygen atoms in total. The fourth-order valence-corrected chi connectivity index (χ4v) is 3.58. The van der Waals surface area contributed by atoms with Gasteiger partial charge >= 0.3 is 0 Å². The number of hydrogen-bond donors (Lipinski definition) is 1. The van der Waals surface area contributed by atoms with Gasteiger partial charge in [0.15, 0.2) is 6.29 Å². The van der Waals surface area contributed by atoms with Crippen molar-refractivity contribution in [1.29, 1.82) is 0 Å². The predicted octanol–water partition coefficient (Wildman–Crippen LogP) is 3.33. The Balaban J connectivity index is 1.91. The van der Waals surface area contributed by atoms with Crippen LogP contribution in [0.5, 0.6) is 0 Å². The standard InChI is InChI=1S/C17H24N2O3Si/c1-23(2,3)7-6-22-11-19-13(10-20)8-14-15(12-4-5-12)9-18-17(21)16(14)19/h8-10,12H,4-7,11H2,1-3H3,(H,18,21). The third kappa shape index (κ3) is 3.48. The number of carbonyl (C=O) groups excluding carboxylic acids is 1. The van der Waals surface area contributed by atoms with Crippen molar-refractivity contribution in [2.75, 3.05) is 6.61 Å². The topological polar surface area (TPSA) is 64.1 Å². The average molecular weight is 332 g/mol. The largest absolute Gasteiger partial charge is 0.361 e. The van der Waals surface area contributed by atoms with Gasteiger partial charge < -0.3 is 14.3 Å². The van der Waals surface area contributed by atoms with Crippen molar-refractivity contribution in [3.05, 3.63) is 33.9 Å². The van der Waals surface area contributed by atoms with E-state index >= 15 is 0 Å². The van der Waals surface area contributed by atoms with Gasteiger partial charge in [-0.1, -0.05) is 19.6 Å². The maximum Gasteiger partial charge on any atom is 0.272 e. The molecule has 124 valence electrons. The molecule has 0 atom stereocenters. The number of fused-ring (bicyclic) bond motifs is 1. The van der Waals surface area contributed by atoms with Crippen LogP contribution in [0.15, 0.2) is 17.1 Å². The van der Waals surface area contributed by atoms with E-state index < -0.39 is 8.07 Å². The van der Waals surface area contributed by atoms with Gasteiger partial charge in [-0.2, -0.15) is 0 Å². The number of aromatic nitrogens is 2. The number of aldehydes is 1. The van der Waals surface area contributed by atoms with Crippen molar-refractivity contribution < 1.29 is 9.53 Å². The lowest BCUT2D eigenvalue weighted by Gasteiger charge is -2.16. The molecule has 23 heavy (non-hydrogen) atoms. The van der Waals surface area contributed by atoms with Crippen LogP contribution in [0.2, 0.25) is 25.7 Å². The number of hydrogen-bond acceptors (Lipinski definition) is 3. The van der Waals surface area contributed by atoms with E-state index in [0.717, 1.165) is 36.1 Å². The first-order valence-electron chi connectivity index (χ1n) is 8.18. The molecule has 0 unspecified atom stereocenters. The summed E-state index contributed by atoms with van der Waals surface area (Å²) in [5.74, 6) is 0.512. The van der Waals surface area contributed by atoms with Gasteiger partial charge in [0.25, 0.3) is 5.56 Å². The Labute approximate surface area is 136 Å². The number of aromatic amines is 1. The second-order valence-corrected chi connectivity index (χ2v) is 13.2. The third-order valence-corrected chi connectivity index (χ3v) is 6.07. The lowest BCUT2D eigenvalue weighted by molar-refractivity contribution is 0.0862. The van der Waals surface area contributed by atoms with Crippen molar-refractivity contribution in [3.8, 4) is 0 Å². The highest BCUT2D eigenvalue weighted by atomic mass is 28.3. The summed E-state index contributed by atoms with van der Waals surface area (Å²) >= 11 is 0. The molecule has 0 radical (unpaired) electrons. The van der Waals surface area contributed by atoms with Crippen LogP contribution in [0.1, 0.15) is 34.8 Å². The second-order valence-electron chi connectivity index (χ2n) is 7.57. The third-order valence-electron chi connectivity index (χ3n) is 4.37. The highest BCUT2D eigenvalue weighted by Crippen LogP contribution is 2.42. The van der Waals surface area contributed by atoms with E-state index in [0.29, 0.717) is 23.7 Å². The highest BCUT2D eigenvalue weighted by Gasteiger charge is 2.27. The van der Waals surface area contributed by atoms with Gasteiger partial charge in [0, 0.05) is 26.3 Å². The Hall–Kier alpha value is -1.66. The van der Waals surface area contributed by atoms with Crippen LogP contribution >= 0.6 is 0 Å². The van der Waals surface area contributed by atoms with Crippen LogP contribution in [-0.2, 0) is 11.5 Å². The monoisotopic (exact) mass is 332 g/mol. The van der Waals surface area contributed by atoms with Gasteiger partial charge in [-0.3, -0.25) is 9.59 Å². The van der Waals surface area contributed by atoms with Gasteiger partial charge in [-0.05, 0) is 36.4 Å². The van der Waals surface area contributed by atoms with Crippen molar-refractivity contribution in [3.63, 3.8) is 0 Å². The number of nitrogens with one attached hydrogen (secondary N) is 1. The zero-order chi connectivity index (χ0) is 16.6. The lowest BCUT2D eigenvalue weighted by atomic mass is 10.1. The van der Waals surface area contributed by atoms with E-state index in [1.54, 1.807) is 10.8 Å². The molecule has 6 heteroatoms. The van der Waals surface area contributed by atoms with Gasteiger partial charge in [0.1, 0.15) is 12.2 Å². The Morgan fingerprint density at radius 3 is 2.74 bits per heavy atom. The molecule has 2 aromatic heterocycles. The SMILES string of the molecule is C[Si](C)(C)CCOCn1c(C=O)cc2c(C3CC3)c[nH]c(=O)c21. The van der Waals surface area contributed by atoms with E-state index in [1.807, 2.05) is 6.07 Å². The first kappa shape index (κ1) is 16.2. The van der Waals surface area contributed by atoms with Crippen LogP contribution < -0.4 is 5.56 Å². The first-order valence-corrected chi connectivity index (χ1v) is 11.9. The molecule has 1 saturated carbocycles. The summed E-state index contributed by atoms with van der Waals surface area (Å²) in [6.45, 7) is 7.80. The van der Waals surface area contributed by atoms with Crippen molar-refractivity contribution in [2.45, 2.75) is 51.2 Å². The molecule has 0 saturated heterocycles. The number of pyridine rings is 1. The smallest absolute Gasteiger partial charge is 0.272 e. The zero-order valence-electron chi connectivity index (χ0n) is 14.0. The molecular weight excluding hydrogens is 308 g/mol. The fraction of sp³-hybridized carbons (Fsp3) is 0.529. The minimum atomic E-state index is -1.15. The minimum Gasteiger partial charge on any atom is -0.361 e. The molecule has 1 aliphatic carbocycles. The lowest BCUT2D eigenvalue weighted by Crippen LogP contribution is -2.22. The van der Waals surface area contributed by atoms with E-state index in [4.69, 9.17) is 4.74 Å². The Morgan fingerprint density at radius 1 is 1.39 bits per heavy atom. The minimum absolute atomic E-state index is 0.161. The Bertz CT molecular complexity index is 781. The second kappa shape index (κ2) is 6.09. The molecule has 3 rings (SSSR count). The quantitative estimate of drug-likeness (QED) is 0.480. The predicted molar refractivity (Wildman–Crippen MR) is 94.0 cm³/mol. The van der Waals surface area contributed by atoms with Crippen LogP contribution in [-0.4, -0.2) is 30.5 Å². The molecule has 1 aliphatic rings. The highest BCUT2D eigenvalue weighted by molar-refractivity contribution is 6.76. The van der Waals surface area contributed by atoms with E-state index in [1.165, 1.54) is 0 Å². The fourth-order valence-electron chi connectivity index (χ4n) is 2.83. The number of ether oxygens (including phenoxy) is 1. The van der Waals surface area contributed by atoms with E-state index in [9.17, 15) is 9.59 Å². The molecule has 0 spiro atoms. The van der Waals surface area contributed by atoms with Crippen LogP contribution in [0, 0.1) is 0 Å². The van der Waals surface area contributed by atoms with Crippen LogP contribution in [0.3, 0.4) is 0 Å². The number of nitrogens with zero attached hydrogens (tertiary/aromatic N) is 1. The molecule has 0 aliphatic heterocycles. The van der Waals surface area contributed by atoms with Crippen molar-refractivity contribution in [2.24, 2.45) is 0 Å². The molecular formula is C17H24N2O3Si. The number of rotatable bonds is 7. The summed E-state index contributed by atoms with van der Waals surface area (Å²) in [6.07, 6.45) is 4.90. The van der Waals surface area contributed by atoms with Gasteiger partial charge in [-0.15, -0.1) is 0 Å². The van der Waals surface area contributed by atoms with Crippen LogP contribution in [0.25, 0.3) is 10.9 Å². The van der Waals surface area contributed by atoms with Crippen LogP contribution in [0.4, 0.5) is 0 Å². The summed E-state index contributed by atoms with van der Waals surface area (Å²) in [5, 5.41) is 0.896. The van der Waals surface area contributed by atoms with Gasteiger partial charge in [0.2, 0.25) is 0 Å². The molecule has 0 aromatic carbocycles. The Morgan fingerprint density at radius 2 is 2.13 bits per heavy atom. The Kier molecular flexibility index (Phi) is 4.29. The zero-order valence-corrected chi connectivity index (χ0v) is 15.0. The average Bonchev–Trinajstić information content (AvgIpc) is 3.24. The summed E-state index contributed by atoms with van der Waals surface area (Å²) in [6, 6.07) is 2.89. The maximum absolute atomic E-state index is 12.3.